The topological polar surface area (TPSA) is 43.7 Å². The van der Waals surface area contributed by atoms with Gasteiger partial charge in [0.2, 0.25) is 0 Å². The normalized spacial score (nSPS) is 52.5. The second kappa shape index (κ2) is 3.98. The van der Waals surface area contributed by atoms with Crippen LogP contribution in [0, 0.1) is 23.2 Å². The maximum absolute atomic E-state index is 10.6. The predicted octanol–water partition coefficient (Wildman–Crippen LogP) is 1.75. The zero-order valence-corrected chi connectivity index (χ0v) is 11.8. The Kier molecular flexibility index (Phi) is 2.56. The average molecular weight is 263 g/mol. The smallest absolute Gasteiger partial charge is 0.0639 e. The Morgan fingerprint density at radius 1 is 1.21 bits per heavy atom. The minimum Gasteiger partial charge on any atom is -0.393 e. The van der Waals surface area contributed by atoms with Crippen molar-refractivity contribution in [3.63, 3.8) is 0 Å². The van der Waals surface area contributed by atoms with Gasteiger partial charge in [-0.15, -0.1) is 0 Å². The van der Waals surface area contributed by atoms with Crippen molar-refractivity contribution >= 4 is 0 Å². The molecule has 1 saturated carbocycles. The second-order valence-electron chi connectivity index (χ2n) is 7.19. The maximum atomic E-state index is 10.6. The van der Waals surface area contributed by atoms with Gasteiger partial charge in [0.25, 0.3) is 0 Å². The van der Waals surface area contributed by atoms with Gasteiger partial charge in [-0.25, -0.2) is 0 Å². The molecule has 19 heavy (non-hydrogen) atoms. The largest absolute Gasteiger partial charge is 0.393 e. The molecule has 0 aromatic carbocycles. The van der Waals surface area contributed by atoms with Crippen molar-refractivity contribution in [2.45, 2.75) is 51.2 Å². The number of piperidine rings is 1. The third kappa shape index (κ3) is 1.41. The molecule has 6 atom stereocenters. The van der Waals surface area contributed by atoms with Gasteiger partial charge in [-0.1, -0.05) is 13.0 Å². The lowest BCUT2D eigenvalue weighted by atomic mass is 9.58. The maximum Gasteiger partial charge on any atom is 0.0639 e. The lowest BCUT2D eigenvalue weighted by Crippen LogP contribution is -2.52. The molecular formula is C16H25NO2. The first-order valence-corrected chi connectivity index (χ1v) is 7.98. The number of hydrogen-bond donors (Lipinski definition) is 2. The number of aliphatic hydroxyl groups excluding tert-OH is 2. The molecule has 3 nitrogen and oxygen atoms in total. The molecule has 1 spiro atoms. The Balaban J connectivity index is 1.90. The van der Waals surface area contributed by atoms with E-state index in [1.807, 2.05) is 0 Å². The lowest BCUT2D eigenvalue weighted by Gasteiger charge is -2.53. The van der Waals surface area contributed by atoms with Gasteiger partial charge in [0, 0.05) is 30.1 Å². The second-order valence-corrected chi connectivity index (χ2v) is 7.19. The lowest BCUT2D eigenvalue weighted by molar-refractivity contribution is -0.0299. The minimum absolute atomic E-state index is 0.0973. The van der Waals surface area contributed by atoms with Crippen LogP contribution in [0.15, 0.2) is 11.8 Å². The van der Waals surface area contributed by atoms with E-state index >= 15 is 0 Å². The molecule has 2 N–H and O–H groups in total. The van der Waals surface area contributed by atoms with E-state index in [-0.39, 0.29) is 29.5 Å². The molecular weight excluding hydrogens is 238 g/mol. The fraction of sp³-hybridized carbons (Fsp3) is 0.875. The van der Waals surface area contributed by atoms with Crippen LogP contribution >= 0.6 is 0 Å². The summed E-state index contributed by atoms with van der Waals surface area (Å²) in [5.41, 5.74) is 1.58. The first kappa shape index (κ1) is 12.2. The molecule has 0 aromatic heterocycles. The summed E-state index contributed by atoms with van der Waals surface area (Å²) in [6, 6.07) is 0. The van der Waals surface area contributed by atoms with Gasteiger partial charge in [0.1, 0.15) is 0 Å². The highest BCUT2D eigenvalue weighted by molar-refractivity contribution is 5.30. The van der Waals surface area contributed by atoms with Crippen LogP contribution in [0.2, 0.25) is 0 Å². The summed E-state index contributed by atoms with van der Waals surface area (Å²) < 4.78 is 0. The first-order chi connectivity index (χ1) is 9.14. The average Bonchev–Trinajstić information content (AvgIpc) is 2.62. The third-order valence-corrected chi connectivity index (χ3v) is 6.43. The number of hydrogen-bond acceptors (Lipinski definition) is 3. The Morgan fingerprint density at radius 3 is 2.84 bits per heavy atom. The highest BCUT2D eigenvalue weighted by atomic mass is 16.3. The van der Waals surface area contributed by atoms with Gasteiger partial charge in [0.15, 0.2) is 0 Å². The van der Waals surface area contributed by atoms with Crippen LogP contribution in [-0.4, -0.2) is 40.4 Å². The summed E-state index contributed by atoms with van der Waals surface area (Å²) in [6.45, 7) is 4.45. The van der Waals surface area contributed by atoms with E-state index in [2.05, 4.69) is 17.9 Å². The van der Waals surface area contributed by atoms with Crippen LogP contribution in [0.4, 0.5) is 0 Å². The number of rotatable bonds is 0. The van der Waals surface area contributed by atoms with Crippen molar-refractivity contribution in [3.8, 4) is 0 Å². The molecule has 2 saturated heterocycles. The fourth-order valence-corrected chi connectivity index (χ4v) is 5.71. The number of aliphatic hydroxyl groups is 2. The molecule has 0 radical (unpaired) electrons. The zero-order valence-electron chi connectivity index (χ0n) is 11.8. The molecule has 106 valence electrons. The van der Waals surface area contributed by atoms with Crippen molar-refractivity contribution in [2.75, 3.05) is 13.1 Å². The standard InChI is InChI=1S/C16H25NO2/c1-10-8-14-16-5-3-7-17(14)6-2-4-11(16)13(18)9-12(16)15(10)19/h8,10-13,15,18-19H,2-7,9H2,1H3/t10-,11+,12+,13?,15-,16+/m0/s1. The van der Waals surface area contributed by atoms with E-state index in [1.54, 1.807) is 0 Å². The number of allylic oxidation sites excluding steroid dienone is 1. The van der Waals surface area contributed by atoms with Crippen molar-refractivity contribution in [3.05, 3.63) is 11.8 Å². The molecule has 3 heteroatoms. The minimum atomic E-state index is -0.263. The van der Waals surface area contributed by atoms with Crippen LogP contribution in [0.25, 0.3) is 0 Å². The Labute approximate surface area is 115 Å². The molecule has 2 heterocycles. The highest BCUT2D eigenvalue weighted by Crippen LogP contribution is 2.64. The fourth-order valence-electron chi connectivity index (χ4n) is 5.71. The van der Waals surface area contributed by atoms with Crippen LogP contribution < -0.4 is 0 Å². The van der Waals surface area contributed by atoms with Crippen LogP contribution in [0.5, 0.6) is 0 Å². The molecule has 2 aliphatic carbocycles. The van der Waals surface area contributed by atoms with E-state index in [9.17, 15) is 10.2 Å². The van der Waals surface area contributed by atoms with Gasteiger partial charge in [0.05, 0.1) is 12.2 Å². The molecule has 2 aliphatic heterocycles. The van der Waals surface area contributed by atoms with Crippen molar-refractivity contribution in [2.24, 2.45) is 23.2 Å². The molecule has 2 bridgehead atoms. The van der Waals surface area contributed by atoms with Gasteiger partial charge in [-0.3, -0.25) is 0 Å². The van der Waals surface area contributed by atoms with Gasteiger partial charge < -0.3 is 15.1 Å². The van der Waals surface area contributed by atoms with Crippen molar-refractivity contribution in [1.82, 2.24) is 4.90 Å². The zero-order chi connectivity index (χ0) is 13.2. The van der Waals surface area contributed by atoms with Crippen LogP contribution in [0.1, 0.15) is 39.0 Å². The van der Waals surface area contributed by atoms with E-state index < -0.39 is 0 Å². The quantitative estimate of drug-likeness (QED) is 0.700. The molecule has 3 fully saturated rings. The van der Waals surface area contributed by atoms with Gasteiger partial charge in [-0.2, -0.15) is 0 Å². The Hall–Kier alpha value is -0.540. The Morgan fingerprint density at radius 2 is 2.00 bits per heavy atom. The summed E-state index contributed by atoms with van der Waals surface area (Å²) >= 11 is 0. The summed E-state index contributed by atoms with van der Waals surface area (Å²) in [4.78, 5) is 2.57. The monoisotopic (exact) mass is 263 g/mol. The van der Waals surface area contributed by atoms with Crippen LogP contribution in [-0.2, 0) is 0 Å². The number of nitrogens with zero attached hydrogens (tertiary/aromatic N) is 1. The first-order valence-electron chi connectivity index (χ1n) is 7.98. The van der Waals surface area contributed by atoms with E-state index in [4.69, 9.17) is 0 Å². The van der Waals surface area contributed by atoms with E-state index in [0.717, 1.165) is 19.4 Å². The predicted molar refractivity (Wildman–Crippen MR) is 73.3 cm³/mol. The molecule has 1 unspecified atom stereocenters. The molecule has 0 aromatic rings. The summed E-state index contributed by atoms with van der Waals surface area (Å²) in [5.74, 6) is 0.900. The molecule has 4 aliphatic rings. The molecule has 0 amide bonds. The third-order valence-electron chi connectivity index (χ3n) is 6.43. The van der Waals surface area contributed by atoms with Crippen molar-refractivity contribution < 1.29 is 10.2 Å². The SMILES string of the molecule is C[C@H]1C=C2N3CCC[C@@H]4C(O)C[C@H]([C@H]1O)[C@]24CCC3. The molecule has 4 rings (SSSR count). The van der Waals surface area contributed by atoms with Crippen LogP contribution in [0.3, 0.4) is 0 Å². The van der Waals surface area contributed by atoms with E-state index in [1.165, 1.54) is 31.5 Å². The van der Waals surface area contributed by atoms with E-state index in [0.29, 0.717) is 5.92 Å². The summed E-state index contributed by atoms with van der Waals surface area (Å²) in [6.07, 6.45) is 7.39. The Bertz CT molecular complexity index is 421. The summed E-state index contributed by atoms with van der Waals surface area (Å²) in [7, 11) is 0. The summed E-state index contributed by atoms with van der Waals surface area (Å²) in [5, 5.41) is 21.2. The highest BCUT2D eigenvalue weighted by Gasteiger charge is 2.62. The van der Waals surface area contributed by atoms with Gasteiger partial charge >= 0.3 is 0 Å². The van der Waals surface area contributed by atoms with Crippen molar-refractivity contribution in [1.29, 1.82) is 0 Å². The van der Waals surface area contributed by atoms with Gasteiger partial charge in [-0.05, 0) is 43.9 Å².